The van der Waals surface area contributed by atoms with Crippen LogP contribution < -0.4 is 5.32 Å². The van der Waals surface area contributed by atoms with E-state index in [1.165, 1.54) is 0 Å². The van der Waals surface area contributed by atoms with Crippen LogP contribution in [0.4, 0.5) is 0 Å². The number of nitrogens with one attached hydrogen (secondary N) is 1. The molecule has 0 atom stereocenters. The van der Waals surface area contributed by atoms with Gasteiger partial charge in [0.05, 0.1) is 23.7 Å². The molecule has 144 valence electrons. The van der Waals surface area contributed by atoms with E-state index in [0.29, 0.717) is 24.3 Å². The SMILES string of the molecule is Cc1cc(CNC(=O)c2nn(Cc3ccc(C#N)cc3)c3ccccc23)c(C)o1. The normalized spacial score (nSPS) is 10.8. The zero-order chi connectivity index (χ0) is 20.4. The maximum Gasteiger partial charge on any atom is 0.272 e. The zero-order valence-electron chi connectivity index (χ0n) is 16.3. The third-order valence-electron chi connectivity index (χ3n) is 4.87. The van der Waals surface area contributed by atoms with Crippen LogP contribution in [0, 0.1) is 25.2 Å². The largest absolute Gasteiger partial charge is 0.466 e. The number of rotatable bonds is 5. The molecule has 2 heterocycles. The third-order valence-corrected chi connectivity index (χ3v) is 4.87. The molecule has 1 amide bonds. The van der Waals surface area contributed by atoms with Crippen molar-refractivity contribution in [2.24, 2.45) is 0 Å². The van der Waals surface area contributed by atoms with Gasteiger partial charge in [-0.1, -0.05) is 30.3 Å². The molecule has 1 N–H and O–H groups in total. The summed E-state index contributed by atoms with van der Waals surface area (Å²) in [5.41, 5.74) is 3.86. The van der Waals surface area contributed by atoms with E-state index in [2.05, 4.69) is 16.5 Å². The highest BCUT2D eigenvalue weighted by molar-refractivity contribution is 6.04. The van der Waals surface area contributed by atoms with Gasteiger partial charge in [-0.2, -0.15) is 10.4 Å². The number of aromatic nitrogens is 2. The molecule has 0 aliphatic heterocycles. The Hall–Kier alpha value is -3.85. The average Bonchev–Trinajstić information content (AvgIpc) is 3.26. The number of hydrogen-bond acceptors (Lipinski definition) is 4. The van der Waals surface area contributed by atoms with Crippen molar-refractivity contribution in [3.05, 3.63) is 88.5 Å². The fourth-order valence-electron chi connectivity index (χ4n) is 3.39. The summed E-state index contributed by atoms with van der Waals surface area (Å²) in [6.07, 6.45) is 0. The van der Waals surface area contributed by atoms with Crippen molar-refractivity contribution in [2.45, 2.75) is 26.9 Å². The molecular formula is C23H20N4O2. The lowest BCUT2D eigenvalue weighted by Crippen LogP contribution is -2.23. The van der Waals surface area contributed by atoms with E-state index in [-0.39, 0.29) is 5.91 Å². The molecule has 2 aromatic carbocycles. The third kappa shape index (κ3) is 3.76. The maximum atomic E-state index is 12.8. The van der Waals surface area contributed by atoms with Gasteiger partial charge >= 0.3 is 0 Å². The lowest BCUT2D eigenvalue weighted by atomic mass is 10.1. The number of hydrogen-bond donors (Lipinski definition) is 1. The first-order valence-corrected chi connectivity index (χ1v) is 9.34. The summed E-state index contributed by atoms with van der Waals surface area (Å²) in [6, 6.07) is 19.1. The number of fused-ring (bicyclic) bond motifs is 1. The molecule has 0 unspecified atom stereocenters. The van der Waals surface area contributed by atoms with Crippen molar-refractivity contribution in [3.8, 4) is 6.07 Å². The van der Waals surface area contributed by atoms with Crippen LogP contribution >= 0.6 is 0 Å². The maximum absolute atomic E-state index is 12.8. The van der Waals surface area contributed by atoms with Crippen molar-refractivity contribution in [2.75, 3.05) is 0 Å². The van der Waals surface area contributed by atoms with E-state index in [1.54, 1.807) is 12.1 Å². The summed E-state index contributed by atoms with van der Waals surface area (Å²) in [7, 11) is 0. The molecule has 6 nitrogen and oxygen atoms in total. The predicted molar refractivity (Wildman–Crippen MR) is 109 cm³/mol. The van der Waals surface area contributed by atoms with Crippen molar-refractivity contribution < 1.29 is 9.21 Å². The van der Waals surface area contributed by atoms with Gasteiger partial charge < -0.3 is 9.73 Å². The Morgan fingerprint density at radius 3 is 2.62 bits per heavy atom. The summed E-state index contributed by atoms with van der Waals surface area (Å²) in [5, 5.41) is 17.3. The Morgan fingerprint density at radius 1 is 1.17 bits per heavy atom. The second kappa shape index (κ2) is 7.64. The number of carbonyl (C=O) groups is 1. The molecule has 6 heteroatoms. The number of benzene rings is 2. The summed E-state index contributed by atoms with van der Waals surface area (Å²) in [4.78, 5) is 12.8. The summed E-state index contributed by atoms with van der Waals surface area (Å²) < 4.78 is 7.34. The van der Waals surface area contributed by atoms with Crippen LogP contribution in [0.1, 0.15) is 38.7 Å². The van der Waals surface area contributed by atoms with E-state index in [1.807, 2.05) is 61.0 Å². The molecule has 4 rings (SSSR count). The van der Waals surface area contributed by atoms with Crippen LogP contribution in [0.3, 0.4) is 0 Å². The molecule has 0 saturated heterocycles. The fraction of sp³-hybridized carbons (Fsp3) is 0.174. The Bertz CT molecular complexity index is 1230. The predicted octanol–water partition coefficient (Wildman–Crippen LogP) is 4.10. The van der Waals surface area contributed by atoms with Gasteiger partial charge in [0.1, 0.15) is 11.5 Å². The van der Waals surface area contributed by atoms with E-state index in [4.69, 9.17) is 9.68 Å². The summed E-state index contributed by atoms with van der Waals surface area (Å²) in [6.45, 7) is 4.67. The second-order valence-corrected chi connectivity index (χ2v) is 6.95. The van der Waals surface area contributed by atoms with Crippen LogP contribution in [-0.4, -0.2) is 15.7 Å². The number of nitriles is 1. The number of nitrogens with zero attached hydrogens (tertiary/aromatic N) is 3. The standard InChI is InChI=1S/C23H20N4O2/c1-15-11-19(16(2)29-15)13-25-23(28)22-20-5-3-4-6-21(20)27(26-22)14-18-9-7-17(12-24)8-10-18/h3-11H,13-14H2,1-2H3,(H,25,28). The number of amides is 1. The first-order chi connectivity index (χ1) is 14.0. The van der Waals surface area contributed by atoms with Gasteiger partial charge in [-0.05, 0) is 43.7 Å². The molecule has 4 aromatic rings. The molecule has 0 aliphatic carbocycles. The van der Waals surface area contributed by atoms with Gasteiger partial charge in [0.25, 0.3) is 5.91 Å². The Morgan fingerprint density at radius 2 is 1.93 bits per heavy atom. The Balaban J connectivity index is 1.60. The molecule has 0 aliphatic rings. The lowest BCUT2D eigenvalue weighted by molar-refractivity contribution is 0.0946. The van der Waals surface area contributed by atoms with Crippen LogP contribution in [0.5, 0.6) is 0 Å². The van der Waals surface area contributed by atoms with Gasteiger partial charge in [-0.15, -0.1) is 0 Å². The summed E-state index contributed by atoms with van der Waals surface area (Å²) >= 11 is 0. The van der Waals surface area contributed by atoms with E-state index < -0.39 is 0 Å². The molecule has 0 radical (unpaired) electrons. The zero-order valence-corrected chi connectivity index (χ0v) is 16.3. The topological polar surface area (TPSA) is 83.9 Å². The molecule has 0 spiro atoms. The van der Waals surface area contributed by atoms with Crippen LogP contribution in [0.2, 0.25) is 0 Å². The molecule has 0 bridgehead atoms. The highest BCUT2D eigenvalue weighted by Crippen LogP contribution is 2.20. The monoisotopic (exact) mass is 384 g/mol. The van der Waals surface area contributed by atoms with Crippen molar-refractivity contribution in [3.63, 3.8) is 0 Å². The van der Waals surface area contributed by atoms with Crippen molar-refractivity contribution in [1.29, 1.82) is 5.26 Å². The van der Waals surface area contributed by atoms with E-state index >= 15 is 0 Å². The number of para-hydroxylation sites is 1. The van der Waals surface area contributed by atoms with Crippen LogP contribution in [-0.2, 0) is 13.1 Å². The average molecular weight is 384 g/mol. The molecular weight excluding hydrogens is 364 g/mol. The number of furan rings is 1. The first kappa shape index (κ1) is 18.5. The van der Waals surface area contributed by atoms with Gasteiger partial charge in [0.2, 0.25) is 0 Å². The molecule has 0 saturated carbocycles. The minimum Gasteiger partial charge on any atom is -0.466 e. The molecule has 0 fully saturated rings. The molecule has 29 heavy (non-hydrogen) atoms. The second-order valence-electron chi connectivity index (χ2n) is 6.95. The van der Waals surface area contributed by atoms with Crippen LogP contribution in [0.25, 0.3) is 10.9 Å². The highest BCUT2D eigenvalue weighted by Gasteiger charge is 2.17. The van der Waals surface area contributed by atoms with E-state index in [0.717, 1.165) is 33.6 Å². The minimum absolute atomic E-state index is 0.224. The quantitative estimate of drug-likeness (QED) is 0.561. The van der Waals surface area contributed by atoms with Crippen LogP contribution in [0.15, 0.2) is 59.0 Å². The lowest BCUT2D eigenvalue weighted by Gasteiger charge is -2.04. The number of aryl methyl sites for hydroxylation is 2. The number of carbonyl (C=O) groups excluding carboxylic acids is 1. The summed E-state index contributed by atoms with van der Waals surface area (Å²) in [5.74, 6) is 1.40. The fourth-order valence-corrected chi connectivity index (χ4v) is 3.39. The Labute approximate surface area is 168 Å². The van der Waals surface area contributed by atoms with Crippen molar-refractivity contribution >= 4 is 16.8 Å². The van der Waals surface area contributed by atoms with Gasteiger partial charge in [-0.3, -0.25) is 9.48 Å². The minimum atomic E-state index is -0.224. The smallest absolute Gasteiger partial charge is 0.272 e. The van der Waals surface area contributed by atoms with E-state index in [9.17, 15) is 4.79 Å². The van der Waals surface area contributed by atoms with Gasteiger partial charge in [0, 0.05) is 17.5 Å². The highest BCUT2D eigenvalue weighted by atomic mass is 16.3. The molecule has 2 aromatic heterocycles. The van der Waals surface area contributed by atoms with Gasteiger partial charge in [-0.25, -0.2) is 0 Å². The van der Waals surface area contributed by atoms with Crippen molar-refractivity contribution in [1.82, 2.24) is 15.1 Å². The Kier molecular flexibility index (Phi) is 4.88. The first-order valence-electron chi connectivity index (χ1n) is 9.34. The van der Waals surface area contributed by atoms with Gasteiger partial charge in [0.15, 0.2) is 5.69 Å².